The molecule has 1 unspecified atom stereocenters. The summed E-state index contributed by atoms with van der Waals surface area (Å²) in [5, 5.41) is 3.01. The van der Waals surface area contributed by atoms with Crippen molar-refractivity contribution in [2.45, 2.75) is 19.5 Å². The first-order chi connectivity index (χ1) is 9.56. The van der Waals surface area contributed by atoms with Crippen molar-refractivity contribution < 1.29 is 22.6 Å². The predicted octanol–water partition coefficient (Wildman–Crippen LogP) is 2.85. The molecular weight excluding hydrogens is 273 g/mol. The van der Waals surface area contributed by atoms with Gasteiger partial charge in [0.2, 0.25) is 0 Å². The lowest BCUT2D eigenvalue weighted by molar-refractivity contribution is -0.0521. The fourth-order valence-corrected chi connectivity index (χ4v) is 2.13. The highest BCUT2D eigenvalue weighted by molar-refractivity contribution is 5.68. The van der Waals surface area contributed by atoms with Crippen molar-refractivity contribution in [1.82, 2.24) is 0 Å². The molecule has 1 aliphatic heterocycles. The predicted molar refractivity (Wildman–Crippen MR) is 69.5 cm³/mol. The Morgan fingerprint density at radius 3 is 2.90 bits per heavy atom. The second kappa shape index (κ2) is 6.69. The van der Waals surface area contributed by atoms with Crippen molar-refractivity contribution in [3.8, 4) is 5.75 Å². The van der Waals surface area contributed by atoms with Gasteiger partial charge in [0.05, 0.1) is 11.4 Å². The maximum absolute atomic E-state index is 13.4. The van der Waals surface area contributed by atoms with Crippen LogP contribution in [0.3, 0.4) is 0 Å². The molecule has 1 aliphatic rings. The molecule has 1 saturated heterocycles. The molecule has 0 aliphatic carbocycles. The van der Waals surface area contributed by atoms with Crippen LogP contribution in [0.4, 0.5) is 24.5 Å². The average molecular weight is 290 g/mol. The van der Waals surface area contributed by atoms with Crippen LogP contribution in [-0.2, 0) is 4.74 Å². The second-order valence-electron chi connectivity index (χ2n) is 4.69. The number of alkyl halides is 2. The summed E-state index contributed by atoms with van der Waals surface area (Å²) in [6.45, 7) is -0.954. The molecule has 0 amide bonds. The van der Waals surface area contributed by atoms with Crippen LogP contribution < -0.4 is 15.8 Å². The topological polar surface area (TPSA) is 56.5 Å². The minimum absolute atomic E-state index is 0.159. The van der Waals surface area contributed by atoms with Crippen molar-refractivity contribution in [2.24, 2.45) is 5.92 Å². The Labute approximate surface area is 115 Å². The van der Waals surface area contributed by atoms with Gasteiger partial charge in [0.1, 0.15) is 0 Å². The summed E-state index contributed by atoms with van der Waals surface area (Å²) in [6, 6.07) is 2.13. The van der Waals surface area contributed by atoms with Gasteiger partial charge in [-0.15, -0.1) is 0 Å². The van der Waals surface area contributed by atoms with Gasteiger partial charge in [-0.1, -0.05) is 0 Å². The number of anilines is 2. The molecule has 20 heavy (non-hydrogen) atoms. The lowest BCUT2D eigenvalue weighted by Gasteiger charge is -2.14. The number of hydrogen-bond acceptors (Lipinski definition) is 4. The molecule has 2 rings (SSSR count). The zero-order valence-corrected chi connectivity index (χ0v) is 10.9. The number of hydrogen-bond donors (Lipinski definition) is 2. The molecule has 7 heteroatoms. The van der Waals surface area contributed by atoms with E-state index >= 15 is 0 Å². The number of nitrogen functional groups attached to an aromatic ring is 1. The highest BCUT2D eigenvalue weighted by atomic mass is 19.3. The molecule has 0 bridgehead atoms. The highest BCUT2D eigenvalue weighted by Crippen LogP contribution is 2.29. The quantitative estimate of drug-likeness (QED) is 0.791. The summed E-state index contributed by atoms with van der Waals surface area (Å²) < 4.78 is 47.0. The Balaban J connectivity index is 1.95. The fraction of sp³-hybridized carbons (Fsp3) is 0.538. The maximum atomic E-state index is 13.4. The molecular formula is C13H17F3N2O2. The molecule has 0 radical (unpaired) electrons. The van der Waals surface area contributed by atoms with E-state index in [2.05, 4.69) is 10.1 Å². The van der Waals surface area contributed by atoms with E-state index in [4.69, 9.17) is 10.5 Å². The first-order valence-electron chi connectivity index (χ1n) is 6.41. The smallest absolute Gasteiger partial charge is 0.387 e. The van der Waals surface area contributed by atoms with E-state index in [1.54, 1.807) is 0 Å². The number of ether oxygens (including phenoxy) is 2. The fourth-order valence-electron chi connectivity index (χ4n) is 2.13. The lowest BCUT2D eigenvalue weighted by Crippen LogP contribution is -2.11. The summed E-state index contributed by atoms with van der Waals surface area (Å²) in [7, 11) is 0. The summed E-state index contributed by atoms with van der Waals surface area (Å²) in [6.07, 6.45) is 1.89. The third-order valence-corrected chi connectivity index (χ3v) is 3.21. The number of benzene rings is 1. The van der Waals surface area contributed by atoms with E-state index in [-0.39, 0.29) is 5.69 Å². The Hall–Kier alpha value is -1.63. The zero-order valence-electron chi connectivity index (χ0n) is 10.9. The molecule has 0 saturated carbocycles. The Morgan fingerprint density at radius 2 is 2.25 bits per heavy atom. The monoisotopic (exact) mass is 290 g/mol. The minimum atomic E-state index is -3.07. The van der Waals surface area contributed by atoms with Crippen LogP contribution >= 0.6 is 0 Å². The van der Waals surface area contributed by atoms with Gasteiger partial charge in [0, 0.05) is 31.9 Å². The van der Waals surface area contributed by atoms with Gasteiger partial charge in [0.15, 0.2) is 11.6 Å². The third kappa shape index (κ3) is 3.93. The largest absolute Gasteiger partial charge is 0.432 e. The van der Waals surface area contributed by atoms with Crippen molar-refractivity contribution in [2.75, 3.05) is 30.8 Å². The summed E-state index contributed by atoms with van der Waals surface area (Å²) >= 11 is 0. The summed E-state index contributed by atoms with van der Waals surface area (Å²) in [5.74, 6) is -0.931. The van der Waals surface area contributed by atoms with Gasteiger partial charge < -0.3 is 20.5 Å². The Bertz CT molecular complexity index is 451. The minimum Gasteiger partial charge on any atom is -0.432 e. The van der Waals surface area contributed by atoms with Gasteiger partial charge in [-0.05, 0) is 18.8 Å². The highest BCUT2D eigenvalue weighted by Gasteiger charge is 2.16. The number of rotatable bonds is 6. The van der Waals surface area contributed by atoms with Gasteiger partial charge in [-0.3, -0.25) is 0 Å². The van der Waals surface area contributed by atoms with Crippen LogP contribution in [0, 0.1) is 11.7 Å². The van der Waals surface area contributed by atoms with Crippen molar-refractivity contribution >= 4 is 11.4 Å². The van der Waals surface area contributed by atoms with E-state index < -0.39 is 18.2 Å². The van der Waals surface area contributed by atoms with Gasteiger partial charge in [0.25, 0.3) is 0 Å². The molecule has 3 N–H and O–H groups in total. The maximum Gasteiger partial charge on any atom is 0.387 e. The van der Waals surface area contributed by atoms with Gasteiger partial charge >= 0.3 is 6.61 Å². The summed E-state index contributed by atoms with van der Waals surface area (Å²) in [4.78, 5) is 0. The molecule has 4 nitrogen and oxygen atoms in total. The summed E-state index contributed by atoms with van der Waals surface area (Å²) in [5.41, 5.74) is 6.19. The van der Waals surface area contributed by atoms with Crippen molar-refractivity contribution in [3.63, 3.8) is 0 Å². The van der Waals surface area contributed by atoms with Gasteiger partial charge in [-0.2, -0.15) is 8.78 Å². The van der Waals surface area contributed by atoms with Gasteiger partial charge in [-0.25, -0.2) is 4.39 Å². The molecule has 1 aromatic carbocycles. The lowest BCUT2D eigenvalue weighted by atomic mass is 10.1. The number of nitrogens with one attached hydrogen (secondary N) is 1. The van der Waals surface area contributed by atoms with Crippen LogP contribution in [0.2, 0.25) is 0 Å². The molecule has 0 aromatic heterocycles. The molecule has 1 fully saturated rings. The van der Waals surface area contributed by atoms with Crippen molar-refractivity contribution in [1.29, 1.82) is 0 Å². The van der Waals surface area contributed by atoms with E-state index in [0.29, 0.717) is 18.2 Å². The first-order valence-corrected chi connectivity index (χ1v) is 6.41. The molecule has 0 spiro atoms. The van der Waals surface area contributed by atoms with E-state index in [0.717, 1.165) is 38.2 Å². The zero-order chi connectivity index (χ0) is 14.5. The van der Waals surface area contributed by atoms with Crippen LogP contribution in [-0.4, -0.2) is 26.4 Å². The Morgan fingerprint density at radius 1 is 1.45 bits per heavy atom. The molecule has 112 valence electrons. The van der Waals surface area contributed by atoms with Crippen LogP contribution in [0.25, 0.3) is 0 Å². The van der Waals surface area contributed by atoms with Crippen molar-refractivity contribution in [3.05, 3.63) is 17.9 Å². The first kappa shape index (κ1) is 14.8. The Kier molecular flexibility index (Phi) is 4.94. The SMILES string of the molecule is Nc1cc(F)c(OC(F)F)cc1NCCC1CCOC1. The van der Waals surface area contributed by atoms with Crippen LogP contribution in [0.1, 0.15) is 12.8 Å². The number of nitrogens with two attached hydrogens (primary N) is 1. The molecule has 1 aromatic rings. The normalized spacial score (nSPS) is 18.5. The second-order valence-corrected chi connectivity index (χ2v) is 4.69. The van der Waals surface area contributed by atoms with E-state index in [1.807, 2.05) is 0 Å². The molecule has 1 atom stereocenters. The molecule has 1 heterocycles. The third-order valence-electron chi connectivity index (χ3n) is 3.21. The average Bonchev–Trinajstić information content (AvgIpc) is 2.87. The van der Waals surface area contributed by atoms with E-state index in [9.17, 15) is 13.2 Å². The number of halogens is 3. The standard InChI is InChI=1S/C13H17F3N2O2/c14-9-5-10(17)11(6-12(9)20-13(15)16)18-3-1-8-2-4-19-7-8/h5-6,8,13,18H,1-4,7,17H2. The van der Waals surface area contributed by atoms with Crippen LogP contribution in [0.5, 0.6) is 5.75 Å². The van der Waals surface area contributed by atoms with Crippen LogP contribution in [0.15, 0.2) is 12.1 Å². The van der Waals surface area contributed by atoms with E-state index in [1.165, 1.54) is 0 Å².